The Labute approximate surface area is 117 Å². The van der Waals surface area contributed by atoms with Crippen molar-refractivity contribution in [3.8, 4) is 0 Å². The highest BCUT2D eigenvalue weighted by molar-refractivity contribution is 7.90. The summed E-state index contributed by atoms with van der Waals surface area (Å²) < 4.78 is 31.9. The topological polar surface area (TPSA) is 67.4 Å². The predicted octanol–water partition coefficient (Wildman–Crippen LogP) is 1.25. The Kier molecular flexibility index (Phi) is 7.28. The van der Waals surface area contributed by atoms with Crippen LogP contribution in [0.2, 0.25) is 0 Å². The maximum absolute atomic E-state index is 11.9. The number of nitrogens with one attached hydrogen (secondary N) is 2. The van der Waals surface area contributed by atoms with Crippen LogP contribution in [0.5, 0.6) is 0 Å². The fourth-order valence-electron chi connectivity index (χ4n) is 1.63. The Hall–Kier alpha value is -0.170. The number of unbranched alkanes of at least 4 members (excludes halogenated alkanes) is 1. The van der Waals surface area contributed by atoms with Gasteiger partial charge in [0.1, 0.15) is 0 Å². The maximum Gasteiger partial charge on any atom is 0.215 e. The molecule has 5 nitrogen and oxygen atoms in total. The monoisotopic (exact) mass is 292 g/mol. The van der Waals surface area contributed by atoms with Gasteiger partial charge in [-0.25, -0.2) is 13.1 Å². The fourth-order valence-corrected chi connectivity index (χ4v) is 2.66. The second kappa shape index (κ2) is 8.19. The van der Waals surface area contributed by atoms with Gasteiger partial charge in [-0.15, -0.1) is 0 Å². The van der Waals surface area contributed by atoms with Gasteiger partial charge in [0.25, 0.3) is 0 Å². The summed E-state index contributed by atoms with van der Waals surface area (Å²) in [4.78, 5) is 0. The first-order chi connectivity index (χ1) is 8.92. The van der Waals surface area contributed by atoms with E-state index in [0.29, 0.717) is 25.7 Å². The van der Waals surface area contributed by atoms with Gasteiger partial charge in [-0.05, 0) is 46.5 Å². The molecule has 0 radical (unpaired) electrons. The van der Waals surface area contributed by atoms with Crippen molar-refractivity contribution in [1.29, 1.82) is 0 Å². The molecule has 0 saturated heterocycles. The van der Waals surface area contributed by atoms with Gasteiger partial charge < -0.3 is 10.1 Å². The molecule has 0 amide bonds. The Morgan fingerprint density at radius 1 is 1.21 bits per heavy atom. The van der Waals surface area contributed by atoms with Gasteiger partial charge >= 0.3 is 0 Å². The Bertz CT molecular complexity index is 340. The summed E-state index contributed by atoms with van der Waals surface area (Å²) in [6.07, 6.45) is 4.29. The van der Waals surface area contributed by atoms with Crippen molar-refractivity contribution in [2.75, 3.05) is 19.7 Å². The average Bonchev–Trinajstić information content (AvgIpc) is 3.14. The molecule has 0 aromatic heterocycles. The third-order valence-electron chi connectivity index (χ3n) is 3.13. The van der Waals surface area contributed by atoms with Crippen LogP contribution in [0, 0.1) is 0 Å². The van der Waals surface area contributed by atoms with Gasteiger partial charge in [-0.1, -0.05) is 0 Å². The molecular formula is C13H28N2O3S. The first kappa shape index (κ1) is 16.9. The number of ether oxygens (including phenoxy) is 1. The number of sulfonamides is 1. The molecule has 0 heterocycles. The minimum absolute atomic E-state index is 0.241. The molecule has 0 bridgehead atoms. The minimum Gasteiger partial charge on any atom is -0.379 e. The molecule has 0 aromatic rings. The van der Waals surface area contributed by atoms with Crippen LogP contribution in [0.1, 0.15) is 46.5 Å². The first-order valence-corrected chi connectivity index (χ1v) is 8.80. The Morgan fingerprint density at radius 2 is 1.89 bits per heavy atom. The quantitative estimate of drug-likeness (QED) is 0.563. The number of hydrogen-bond acceptors (Lipinski definition) is 4. The van der Waals surface area contributed by atoms with E-state index < -0.39 is 10.0 Å². The van der Waals surface area contributed by atoms with Gasteiger partial charge in [0, 0.05) is 25.7 Å². The van der Waals surface area contributed by atoms with E-state index in [2.05, 4.69) is 10.0 Å². The zero-order chi connectivity index (χ0) is 14.3. The average molecular weight is 292 g/mol. The minimum atomic E-state index is -3.19. The van der Waals surface area contributed by atoms with Crippen molar-refractivity contribution in [2.24, 2.45) is 0 Å². The lowest BCUT2D eigenvalue weighted by molar-refractivity contribution is 0.0762. The fraction of sp³-hybridized carbons (Fsp3) is 1.00. The molecule has 0 spiro atoms. The first-order valence-electron chi connectivity index (χ1n) is 7.25. The summed E-state index contributed by atoms with van der Waals surface area (Å²) in [5.74, 6) is 0. The highest BCUT2D eigenvalue weighted by atomic mass is 32.2. The summed E-state index contributed by atoms with van der Waals surface area (Å²) in [5.41, 5.74) is 0. The van der Waals surface area contributed by atoms with Crippen molar-refractivity contribution < 1.29 is 13.2 Å². The van der Waals surface area contributed by atoms with Crippen molar-refractivity contribution in [2.45, 2.75) is 63.9 Å². The van der Waals surface area contributed by atoms with E-state index in [1.807, 2.05) is 13.8 Å². The van der Waals surface area contributed by atoms with Gasteiger partial charge in [0.05, 0.1) is 11.4 Å². The highest BCUT2D eigenvalue weighted by Crippen LogP contribution is 2.18. The number of hydrogen-bond donors (Lipinski definition) is 2. The molecule has 1 rings (SSSR count). The van der Waals surface area contributed by atoms with E-state index in [4.69, 9.17) is 4.74 Å². The van der Waals surface area contributed by atoms with Crippen LogP contribution in [0.25, 0.3) is 0 Å². The van der Waals surface area contributed by atoms with Gasteiger partial charge in [0.2, 0.25) is 10.0 Å². The predicted molar refractivity (Wildman–Crippen MR) is 77.7 cm³/mol. The van der Waals surface area contributed by atoms with Gasteiger partial charge in [-0.2, -0.15) is 0 Å². The van der Waals surface area contributed by atoms with E-state index in [1.165, 1.54) is 12.8 Å². The largest absolute Gasteiger partial charge is 0.379 e. The molecule has 114 valence electrons. The summed E-state index contributed by atoms with van der Waals surface area (Å²) in [5, 5.41) is 2.87. The van der Waals surface area contributed by atoms with E-state index in [1.54, 1.807) is 6.92 Å². The SMILES string of the molecule is CC(C)OCCCCNS(=O)(=O)C(C)CNC1CC1. The van der Waals surface area contributed by atoms with Crippen molar-refractivity contribution in [1.82, 2.24) is 10.0 Å². The third-order valence-corrected chi connectivity index (χ3v) is 4.96. The van der Waals surface area contributed by atoms with Gasteiger partial charge in [0.15, 0.2) is 0 Å². The second-order valence-corrected chi connectivity index (χ2v) is 7.74. The normalized spacial score (nSPS) is 17.9. The molecule has 1 unspecified atom stereocenters. The molecule has 19 heavy (non-hydrogen) atoms. The molecule has 2 N–H and O–H groups in total. The van der Waals surface area contributed by atoms with Crippen LogP contribution in [-0.4, -0.2) is 45.5 Å². The Morgan fingerprint density at radius 3 is 2.47 bits per heavy atom. The van der Waals surface area contributed by atoms with Crippen molar-refractivity contribution >= 4 is 10.0 Å². The maximum atomic E-state index is 11.9. The van der Waals surface area contributed by atoms with E-state index in [9.17, 15) is 8.42 Å². The van der Waals surface area contributed by atoms with Crippen molar-refractivity contribution in [3.63, 3.8) is 0 Å². The molecule has 1 saturated carbocycles. The lowest BCUT2D eigenvalue weighted by Gasteiger charge is -2.14. The molecule has 1 aliphatic rings. The molecule has 1 fully saturated rings. The van der Waals surface area contributed by atoms with Crippen molar-refractivity contribution in [3.05, 3.63) is 0 Å². The number of rotatable bonds is 11. The summed E-state index contributed by atoms with van der Waals surface area (Å²) in [7, 11) is -3.19. The molecule has 0 aromatic carbocycles. The van der Waals surface area contributed by atoms with Crippen LogP contribution >= 0.6 is 0 Å². The summed E-state index contributed by atoms with van der Waals surface area (Å²) in [6, 6.07) is 0.547. The second-order valence-electron chi connectivity index (χ2n) is 5.56. The lowest BCUT2D eigenvalue weighted by Crippen LogP contribution is -2.39. The van der Waals surface area contributed by atoms with Crippen LogP contribution in [0.4, 0.5) is 0 Å². The smallest absolute Gasteiger partial charge is 0.215 e. The van der Waals surface area contributed by atoms with Crippen LogP contribution < -0.4 is 10.0 Å². The summed E-state index contributed by atoms with van der Waals surface area (Å²) >= 11 is 0. The van der Waals surface area contributed by atoms with Gasteiger partial charge in [-0.3, -0.25) is 0 Å². The molecular weight excluding hydrogens is 264 g/mol. The Balaban J connectivity index is 2.07. The van der Waals surface area contributed by atoms with E-state index in [-0.39, 0.29) is 11.4 Å². The summed E-state index contributed by atoms with van der Waals surface area (Å²) in [6.45, 7) is 7.47. The molecule has 1 aliphatic carbocycles. The third kappa shape index (κ3) is 7.87. The highest BCUT2D eigenvalue weighted by Gasteiger charge is 2.25. The standard InChI is InChI=1S/C13H28N2O3S/c1-11(2)18-9-5-4-8-15-19(16,17)12(3)10-14-13-6-7-13/h11-15H,4-10H2,1-3H3. The zero-order valence-electron chi connectivity index (χ0n) is 12.3. The lowest BCUT2D eigenvalue weighted by atomic mass is 10.3. The van der Waals surface area contributed by atoms with Crippen LogP contribution in [0.15, 0.2) is 0 Å². The molecule has 6 heteroatoms. The van der Waals surface area contributed by atoms with E-state index in [0.717, 1.165) is 12.8 Å². The van der Waals surface area contributed by atoms with Crippen LogP contribution in [-0.2, 0) is 14.8 Å². The zero-order valence-corrected chi connectivity index (χ0v) is 13.1. The molecule has 1 atom stereocenters. The van der Waals surface area contributed by atoms with E-state index >= 15 is 0 Å². The molecule has 0 aliphatic heterocycles. The van der Waals surface area contributed by atoms with Crippen LogP contribution in [0.3, 0.4) is 0 Å².